The number of piperidine rings is 1. The van der Waals surface area contributed by atoms with Crippen molar-refractivity contribution in [2.24, 2.45) is 0 Å². The number of hydrogen-bond acceptors (Lipinski definition) is 7. The Hall–Kier alpha value is -2.72. The molecule has 162 valence electrons. The van der Waals surface area contributed by atoms with E-state index in [-0.39, 0.29) is 30.8 Å². The lowest BCUT2D eigenvalue weighted by molar-refractivity contribution is 0.141. The number of nitrogens with zero attached hydrogens (tertiary/aromatic N) is 5. The highest BCUT2D eigenvalue weighted by molar-refractivity contribution is 7.14. The average Bonchev–Trinajstić information content (AvgIpc) is 3.32. The first kappa shape index (κ1) is 20.2. The molecule has 2 N–H and O–H groups in total. The Morgan fingerprint density at radius 3 is 2.77 bits per heavy atom. The third-order valence-electron chi connectivity index (χ3n) is 6.07. The minimum absolute atomic E-state index is 0.160. The van der Waals surface area contributed by atoms with E-state index < -0.39 is 0 Å². The number of benzene rings is 1. The van der Waals surface area contributed by atoms with E-state index in [9.17, 15) is 9.18 Å². The first-order valence-electron chi connectivity index (χ1n) is 10.6. The lowest BCUT2D eigenvalue weighted by Gasteiger charge is -2.39. The van der Waals surface area contributed by atoms with Crippen LogP contribution in [0.5, 0.6) is 0 Å². The number of carbonyl (C=O) groups is 1. The Morgan fingerprint density at radius 1 is 1.26 bits per heavy atom. The number of aryl methyl sites for hydroxylation is 1. The number of carbonyl (C=O) groups excluding carboxylic acids is 1. The van der Waals surface area contributed by atoms with E-state index in [1.807, 2.05) is 30.0 Å². The molecule has 5 rings (SSSR count). The lowest BCUT2D eigenvalue weighted by atomic mass is 9.97. The molecule has 2 amide bonds. The molecule has 3 aromatic rings. The number of halogens is 1. The van der Waals surface area contributed by atoms with Crippen molar-refractivity contribution in [3.63, 3.8) is 0 Å². The summed E-state index contributed by atoms with van der Waals surface area (Å²) in [6.07, 6.45) is 5.39. The minimum atomic E-state index is -0.365. The fourth-order valence-electron chi connectivity index (χ4n) is 4.72. The molecular formula is C21H24FN7OS. The van der Waals surface area contributed by atoms with Crippen LogP contribution >= 0.6 is 11.3 Å². The van der Waals surface area contributed by atoms with Gasteiger partial charge in [-0.25, -0.2) is 19.2 Å². The van der Waals surface area contributed by atoms with Crippen LogP contribution in [-0.2, 0) is 0 Å². The molecule has 0 aliphatic carbocycles. The van der Waals surface area contributed by atoms with Gasteiger partial charge in [-0.1, -0.05) is 23.5 Å². The number of fused-ring (bicyclic) bond motifs is 3. The third kappa shape index (κ3) is 4.09. The normalized spacial score (nSPS) is 22.8. The molecule has 1 aromatic carbocycles. The molecule has 2 fully saturated rings. The number of anilines is 1. The van der Waals surface area contributed by atoms with Gasteiger partial charge in [0, 0.05) is 41.8 Å². The van der Waals surface area contributed by atoms with Crippen molar-refractivity contribution in [2.75, 3.05) is 18.5 Å². The standard InChI is InChI=1S/C21H24FN7OS/c1-12-27-28-19(31-12)13-2-3-14-11-24-20(25-18(14)8-13)26-21(30)29-16-4-5-17(29)10-15(9-16)23-7-6-22/h2-3,8,11,15-17,23H,4-7,9-10H2,1H3,(H,24,25,26,30)/t15-,16+,17-. The Labute approximate surface area is 183 Å². The van der Waals surface area contributed by atoms with E-state index in [0.717, 1.165) is 52.2 Å². The summed E-state index contributed by atoms with van der Waals surface area (Å²) in [5.41, 5.74) is 1.68. The van der Waals surface area contributed by atoms with Crippen LogP contribution in [0.15, 0.2) is 24.4 Å². The molecule has 3 atom stereocenters. The maximum absolute atomic E-state index is 13.0. The molecule has 2 saturated heterocycles. The van der Waals surface area contributed by atoms with Gasteiger partial charge in [0.15, 0.2) is 0 Å². The van der Waals surface area contributed by atoms with Crippen molar-refractivity contribution in [3.05, 3.63) is 29.4 Å². The molecule has 31 heavy (non-hydrogen) atoms. The molecule has 2 bridgehead atoms. The number of aromatic nitrogens is 4. The highest BCUT2D eigenvalue weighted by Crippen LogP contribution is 2.36. The van der Waals surface area contributed by atoms with E-state index in [1.165, 1.54) is 11.3 Å². The molecule has 2 aliphatic heterocycles. The number of urea groups is 1. The molecule has 4 heterocycles. The number of nitrogens with one attached hydrogen (secondary N) is 2. The summed E-state index contributed by atoms with van der Waals surface area (Å²) in [5, 5.41) is 17.0. The van der Waals surface area contributed by atoms with Crippen LogP contribution in [0.25, 0.3) is 21.5 Å². The monoisotopic (exact) mass is 441 g/mol. The van der Waals surface area contributed by atoms with Gasteiger partial charge in [-0.05, 0) is 38.7 Å². The summed E-state index contributed by atoms with van der Waals surface area (Å²) in [6, 6.07) is 6.32. The smallest absolute Gasteiger partial charge is 0.318 e. The van der Waals surface area contributed by atoms with E-state index in [4.69, 9.17) is 0 Å². The topological polar surface area (TPSA) is 95.9 Å². The van der Waals surface area contributed by atoms with Crippen molar-refractivity contribution < 1.29 is 9.18 Å². The Morgan fingerprint density at radius 2 is 2.06 bits per heavy atom. The second kappa shape index (κ2) is 8.43. The van der Waals surface area contributed by atoms with Crippen LogP contribution in [-0.4, -0.2) is 62.4 Å². The van der Waals surface area contributed by atoms with Gasteiger partial charge in [-0.2, -0.15) is 0 Å². The minimum Gasteiger partial charge on any atom is -0.318 e. The van der Waals surface area contributed by atoms with Crippen LogP contribution < -0.4 is 10.6 Å². The summed E-state index contributed by atoms with van der Waals surface area (Å²) in [4.78, 5) is 23.8. The van der Waals surface area contributed by atoms with Crippen LogP contribution in [0.3, 0.4) is 0 Å². The first-order chi connectivity index (χ1) is 15.1. The van der Waals surface area contributed by atoms with Gasteiger partial charge in [0.2, 0.25) is 5.95 Å². The number of amides is 2. The molecule has 2 aliphatic rings. The van der Waals surface area contributed by atoms with Crippen molar-refractivity contribution in [1.82, 2.24) is 30.4 Å². The van der Waals surface area contributed by atoms with Crippen LogP contribution in [0.2, 0.25) is 0 Å². The summed E-state index contributed by atoms with van der Waals surface area (Å²) in [7, 11) is 0. The summed E-state index contributed by atoms with van der Waals surface area (Å²) in [5.74, 6) is 0.292. The Balaban J connectivity index is 1.31. The van der Waals surface area contributed by atoms with Crippen LogP contribution in [0.4, 0.5) is 15.1 Å². The van der Waals surface area contributed by atoms with Crippen LogP contribution in [0, 0.1) is 6.92 Å². The van der Waals surface area contributed by atoms with Gasteiger partial charge in [0.05, 0.1) is 5.52 Å². The fraction of sp³-hybridized carbons (Fsp3) is 0.476. The zero-order chi connectivity index (χ0) is 21.4. The van der Waals surface area contributed by atoms with Gasteiger partial charge in [-0.3, -0.25) is 5.32 Å². The molecule has 8 nitrogen and oxygen atoms in total. The largest absolute Gasteiger partial charge is 0.324 e. The second-order valence-electron chi connectivity index (χ2n) is 8.13. The van der Waals surface area contributed by atoms with E-state index in [0.29, 0.717) is 12.5 Å². The second-order valence-corrected chi connectivity index (χ2v) is 9.31. The molecule has 0 saturated carbocycles. The van der Waals surface area contributed by atoms with Crippen molar-refractivity contribution in [1.29, 1.82) is 0 Å². The quantitative estimate of drug-likeness (QED) is 0.629. The summed E-state index contributed by atoms with van der Waals surface area (Å²) >= 11 is 1.53. The van der Waals surface area contributed by atoms with E-state index in [1.54, 1.807) is 6.20 Å². The molecule has 0 unspecified atom stereocenters. The molecule has 2 aromatic heterocycles. The van der Waals surface area contributed by atoms with Crippen molar-refractivity contribution in [3.8, 4) is 10.6 Å². The maximum Gasteiger partial charge on any atom is 0.324 e. The Kier molecular flexibility index (Phi) is 5.49. The lowest BCUT2D eigenvalue weighted by Crippen LogP contribution is -2.53. The summed E-state index contributed by atoms with van der Waals surface area (Å²) in [6.45, 7) is 1.93. The number of alkyl halides is 1. The fourth-order valence-corrected chi connectivity index (χ4v) is 5.41. The zero-order valence-electron chi connectivity index (χ0n) is 17.2. The molecule has 0 radical (unpaired) electrons. The van der Waals surface area contributed by atoms with Gasteiger partial charge in [0.1, 0.15) is 16.7 Å². The van der Waals surface area contributed by atoms with Gasteiger partial charge in [-0.15, -0.1) is 10.2 Å². The van der Waals surface area contributed by atoms with Crippen molar-refractivity contribution >= 4 is 34.2 Å². The Bertz CT molecular complexity index is 1090. The zero-order valence-corrected chi connectivity index (χ0v) is 18.0. The van der Waals surface area contributed by atoms with Crippen LogP contribution in [0.1, 0.15) is 30.7 Å². The SMILES string of the molecule is Cc1nnc(-c2ccc3cnc(NC(=O)N4[C@@H]5CC[C@H]4C[C@@H](NCCF)C5)nc3c2)s1. The predicted octanol–water partition coefficient (Wildman–Crippen LogP) is 3.54. The van der Waals surface area contributed by atoms with E-state index in [2.05, 4.69) is 30.8 Å². The number of hydrogen-bond donors (Lipinski definition) is 2. The molecule has 0 spiro atoms. The van der Waals surface area contributed by atoms with Gasteiger partial charge in [0.25, 0.3) is 0 Å². The summed E-state index contributed by atoms with van der Waals surface area (Å²) < 4.78 is 12.5. The third-order valence-corrected chi connectivity index (χ3v) is 6.96. The van der Waals surface area contributed by atoms with Gasteiger partial charge >= 0.3 is 6.03 Å². The van der Waals surface area contributed by atoms with Crippen molar-refractivity contribution in [2.45, 2.75) is 50.7 Å². The highest BCUT2D eigenvalue weighted by Gasteiger charge is 2.43. The van der Waals surface area contributed by atoms with E-state index >= 15 is 0 Å². The first-order valence-corrected chi connectivity index (χ1v) is 11.4. The average molecular weight is 442 g/mol. The number of rotatable bonds is 5. The predicted molar refractivity (Wildman–Crippen MR) is 118 cm³/mol. The highest BCUT2D eigenvalue weighted by atomic mass is 32.1. The molecular weight excluding hydrogens is 417 g/mol. The molecule has 10 heteroatoms. The maximum atomic E-state index is 13.0. The van der Waals surface area contributed by atoms with Gasteiger partial charge < -0.3 is 10.2 Å².